The van der Waals surface area contributed by atoms with Crippen LogP contribution in [0.5, 0.6) is 5.75 Å². The van der Waals surface area contributed by atoms with Crippen LogP contribution in [0.3, 0.4) is 0 Å². The molecule has 0 bridgehead atoms. The van der Waals surface area contributed by atoms with Gasteiger partial charge >= 0.3 is 0 Å². The van der Waals surface area contributed by atoms with Gasteiger partial charge in [0, 0.05) is 24.2 Å². The fourth-order valence-corrected chi connectivity index (χ4v) is 7.09. The first kappa shape index (κ1) is 35.0. The highest BCUT2D eigenvalue weighted by atomic mass is 35.5. The number of amides is 2. The molecule has 3 aromatic rings. The average molecular weight is 692 g/mol. The summed E-state index contributed by atoms with van der Waals surface area (Å²) in [7, 11) is -3.07. The Hall–Kier alpha value is -3.87. The van der Waals surface area contributed by atoms with E-state index in [0.29, 0.717) is 16.3 Å². The summed E-state index contributed by atoms with van der Waals surface area (Å²) in [4.78, 5) is 39.6. The zero-order valence-electron chi connectivity index (χ0n) is 25.7. The molecular weight excluding hydrogens is 655 g/mol. The molecule has 246 valence electrons. The monoisotopic (exact) mass is 690 g/mol. The number of ether oxygens (including phenoxy) is 1. The molecule has 1 aliphatic rings. The number of carbonyl (C=O) groups is 2. The van der Waals surface area contributed by atoms with E-state index in [2.05, 4.69) is 5.32 Å². The summed E-state index contributed by atoms with van der Waals surface area (Å²) >= 11 is 12.4. The molecule has 0 saturated heterocycles. The molecule has 4 rings (SSSR count). The summed E-state index contributed by atoms with van der Waals surface area (Å²) in [6, 6.07) is 13.4. The van der Waals surface area contributed by atoms with Crippen molar-refractivity contribution < 1.29 is 27.7 Å². The highest BCUT2D eigenvalue weighted by Crippen LogP contribution is 2.30. The van der Waals surface area contributed by atoms with Crippen LogP contribution in [-0.4, -0.2) is 55.8 Å². The SMILES string of the molecule is COc1ccc(N(CC(=O)N(Cc2ccc(Cl)c(Cl)c2)[C@H](C)C(=O)NC2CCCCC2)S(=O)(=O)c2ccc(C)c([N+](=O)[O-])c2)cc1. The van der Waals surface area contributed by atoms with Gasteiger partial charge in [-0.25, -0.2) is 8.42 Å². The van der Waals surface area contributed by atoms with Crippen LogP contribution in [-0.2, 0) is 26.2 Å². The maximum absolute atomic E-state index is 14.2. The summed E-state index contributed by atoms with van der Waals surface area (Å²) < 4.78 is 34.3. The summed E-state index contributed by atoms with van der Waals surface area (Å²) in [5.74, 6) is -0.598. The highest BCUT2D eigenvalue weighted by Gasteiger charge is 2.34. The molecular formula is C32H36Cl2N4O7S. The third-order valence-electron chi connectivity index (χ3n) is 8.06. The first-order valence-electron chi connectivity index (χ1n) is 14.8. The van der Waals surface area contributed by atoms with Crippen molar-refractivity contribution in [3.8, 4) is 5.75 Å². The summed E-state index contributed by atoms with van der Waals surface area (Å²) in [5, 5.41) is 15.3. The molecule has 1 saturated carbocycles. The number of sulfonamides is 1. The molecule has 1 fully saturated rings. The van der Waals surface area contributed by atoms with E-state index in [-0.39, 0.29) is 45.4 Å². The Morgan fingerprint density at radius 3 is 2.30 bits per heavy atom. The van der Waals surface area contributed by atoms with E-state index < -0.39 is 33.4 Å². The first-order valence-corrected chi connectivity index (χ1v) is 17.0. The van der Waals surface area contributed by atoms with Crippen LogP contribution in [0.4, 0.5) is 11.4 Å². The fourth-order valence-electron chi connectivity index (χ4n) is 5.34. The van der Waals surface area contributed by atoms with Gasteiger partial charge in [0.25, 0.3) is 15.7 Å². The minimum Gasteiger partial charge on any atom is -0.497 e. The van der Waals surface area contributed by atoms with E-state index in [4.69, 9.17) is 27.9 Å². The van der Waals surface area contributed by atoms with Crippen LogP contribution < -0.4 is 14.4 Å². The molecule has 1 N–H and O–H groups in total. The number of methoxy groups -OCH3 is 1. The van der Waals surface area contributed by atoms with Crippen molar-refractivity contribution >= 4 is 56.4 Å². The maximum Gasteiger partial charge on any atom is 0.273 e. The Morgan fingerprint density at radius 1 is 1.02 bits per heavy atom. The van der Waals surface area contributed by atoms with Crippen LogP contribution >= 0.6 is 23.2 Å². The highest BCUT2D eigenvalue weighted by molar-refractivity contribution is 7.92. The minimum atomic E-state index is -4.53. The number of benzene rings is 3. The number of nitrogens with one attached hydrogen (secondary N) is 1. The van der Waals surface area contributed by atoms with Gasteiger partial charge in [0.15, 0.2) is 0 Å². The molecule has 1 atom stereocenters. The Balaban J connectivity index is 1.73. The average Bonchev–Trinajstić information content (AvgIpc) is 3.04. The van der Waals surface area contributed by atoms with Crippen molar-refractivity contribution in [3.63, 3.8) is 0 Å². The number of nitrogens with zero attached hydrogens (tertiary/aromatic N) is 3. The van der Waals surface area contributed by atoms with Gasteiger partial charge in [-0.15, -0.1) is 0 Å². The molecule has 14 heteroatoms. The molecule has 2 amide bonds. The van der Waals surface area contributed by atoms with Crippen molar-refractivity contribution in [1.29, 1.82) is 0 Å². The van der Waals surface area contributed by atoms with Gasteiger partial charge in [0.1, 0.15) is 18.3 Å². The van der Waals surface area contributed by atoms with Gasteiger partial charge in [-0.05, 0) is 74.7 Å². The number of nitro groups is 1. The van der Waals surface area contributed by atoms with Gasteiger partial charge in [-0.2, -0.15) is 0 Å². The van der Waals surface area contributed by atoms with E-state index >= 15 is 0 Å². The minimum absolute atomic E-state index is 0.0147. The quantitative estimate of drug-likeness (QED) is 0.174. The van der Waals surface area contributed by atoms with Gasteiger partial charge < -0.3 is 15.0 Å². The lowest BCUT2D eigenvalue weighted by Crippen LogP contribution is -2.53. The third kappa shape index (κ3) is 8.28. The first-order chi connectivity index (χ1) is 21.8. The van der Waals surface area contributed by atoms with E-state index in [1.807, 2.05) is 0 Å². The van der Waals surface area contributed by atoms with Crippen LogP contribution in [0, 0.1) is 17.0 Å². The molecule has 11 nitrogen and oxygen atoms in total. The lowest BCUT2D eigenvalue weighted by molar-refractivity contribution is -0.385. The Morgan fingerprint density at radius 2 is 1.70 bits per heavy atom. The molecule has 0 aliphatic heterocycles. The molecule has 0 spiro atoms. The normalized spacial score (nSPS) is 14.3. The summed E-state index contributed by atoms with van der Waals surface area (Å²) in [5.41, 5.74) is 0.595. The smallest absolute Gasteiger partial charge is 0.273 e. The van der Waals surface area contributed by atoms with E-state index in [9.17, 15) is 28.1 Å². The van der Waals surface area contributed by atoms with Crippen LogP contribution in [0.1, 0.15) is 50.2 Å². The standard InChI is InChI=1S/C32H36Cl2N4O7S/c1-21-9-15-27(18-30(21)38(41)42)46(43,44)37(25-11-13-26(45-3)14-12-25)20-31(39)36(19-23-10-16-28(33)29(34)17-23)22(2)32(40)35-24-7-5-4-6-8-24/h9-18,22,24H,4-8,19-20H2,1-3H3,(H,35,40)/t22-/m1/s1. The van der Waals surface area contributed by atoms with E-state index in [1.54, 1.807) is 25.1 Å². The van der Waals surface area contributed by atoms with E-state index in [1.165, 1.54) is 55.3 Å². The molecule has 3 aromatic carbocycles. The number of anilines is 1. The molecule has 0 radical (unpaired) electrons. The number of hydrogen-bond donors (Lipinski definition) is 1. The van der Waals surface area contributed by atoms with Gasteiger partial charge in [-0.3, -0.25) is 24.0 Å². The molecule has 0 heterocycles. The molecule has 0 unspecified atom stereocenters. The third-order valence-corrected chi connectivity index (χ3v) is 10.6. The van der Waals surface area contributed by atoms with Crippen molar-refractivity contribution in [2.45, 2.75) is 69.5 Å². The van der Waals surface area contributed by atoms with Crippen molar-refractivity contribution in [2.75, 3.05) is 18.0 Å². The van der Waals surface area contributed by atoms with Gasteiger partial charge in [0.05, 0.1) is 32.7 Å². The maximum atomic E-state index is 14.2. The predicted octanol–water partition coefficient (Wildman–Crippen LogP) is 6.28. The van der Waals surface area contributed by atoms with Crippen molar-refractivity contribution in [1.82, 2.24) is 10.2 Å². The second kappa shape index (κ2) is 15.1. The summed E-state index contributed by atoms with van der Waals surface area (Å²) in [6.07, 6.45) is 4.77. The van der Waals surface area contributed by atoms with Gasteiger partial charge in [-0.1, -0.05) is 54.6 Å². The molecule has 0 aromatic heterocycles. The Kier molecular flexibility index (Phi) is 11.5. The van der Waals surface area contributed by atoms with Crippen molar-refractivity contribution in [3.05, 3.63) is 92.0 Å². The van der Waals surface area contributed by atoms with Crippen LogP contribution in [0.2, 0.25) is 10.0 Å². The fraction of sp³-hybridized carbons (Fsp3) is 0.375. The van der Waals surface area contributed by atoms with Crippen molar-refractivity contribution in [2.24, 2.45) is 0 Å². The number of halogens is 2. The lowest BCUT2D eigenvalue weighted by atomic mass is 9.95. The zero-order valence-corrected chi connectivity index (χ0v) is 28.1. The van der Waals surface area contributed by atoms with Gasteiger partial charge in [0.2, 0.25) is 11.8 Å². The largest absolute Gasteiger partial charge is 0.497 e. The second-order valence-electron chi connectivity index (χ2n) is 11.2. The zero-order chi connectivity index (χ0) is 33.6. The number of rotatable bonds is 12. The molecule has 46 heavy (non-hydrogen) atoms. The number of aryl methyl sites for hydroxylation is 1. The predicted molar refractivity (Wildman–Crippen MR) is 177 cm³/mol. The number of hydrogen-bond acceptors (Lipinski definition) is 7. The Labute approximate surface area is 278 Å². The Bertz CT molecular complexity index is 1700. The van der Waals surface area contributed by atoms with Crippen LogP contribution in [0.15, 0.2) is 65.6 Å². The number of nitro benzene ring substituents is 1. The van der Waals surface area contributed by atoms with E-state index in [0.717, 1.165) is 42.5 Å². The lowest BCUT2D eigenvalue weighted by Gasteiger charge is -2.33. The van der Waals surface area contributed by atoms with Crippen LogP contribution in [0.25, 0.3) is 0 Å². The molecule has 1 aliphatic carbocycles. The topological polar surface area (TPSA) is 139 Å². The number of carbonyl (C=O) groups excluding carboxylic acids is 2. The second-order valence-corrected chi connectivity index (χ2v) is 13.9. The summed E-state index contributed by atoms with van der Waals surface area (Å²) in [6.45, 7) is 2.31.